The molecule has 0 aliphatic carbocycles. The number of rotatable bonds is 3. The Kier molecular flexibility index (Phi) is 3.25. The van der Waals surface area contributed by atoms with Crippen molar-refractivity contribution in [3.05, 3.63) is 57.3 Å². The molecule has 0 atom stereocenters. The molecule has 0 radical (unpaired) electrons. The van der Waals surface area contributed by atoms with Crippen LogP contribution in [-0.4, -0.2) is 5.16 Å². The Morgan fingerprint density at radius 3 is 2.67 bits per heavy atom. The zero-order chi connectivity index (χ0) is 15.0. The lowest BCUT2D eigenvalue weighted by Crippen LogP contribution is -2.05. The monoisotopic (exact) mass is 285 g/mol. The zero-order valence-corrected chi connectivity index (χ0v) is 12.1. The molecule has 108 valence electrons. The van der Waals surface area contributed by atoms with Crippen molar-refractivity contribution in [3.8, 4) is 5.75 Å². The summed E-state index contributed by atoms with van der Waals surface area (Å²) in [6.07, 6.45) is 0. The molecule has 3 rings (SSSR count). The number of nitrogens with zero attached hydrogens (tertiary/aromatic N) is 1. The molecule has 0 fully saturated rings. The van der Waals surface area contributed by atoms with Gasteiger partial charge >= 0.3 is 5.63 Å². The first-order valence-electron chi connectivity index (χ1n) is 6.63. The lowest BCUT2D eigenvalue weighted by Gasteiger charge is -2.07. The van der Waals surface area contributed by atoms with Gasteiger partial charge in [0.2, 0.25) is 0 Å². The van der Waals surface area contributed by atoms with Crippen LogP contribution in [0.2, 0.25) is 0 Å². The average Bonchev–Trinajstić information content (AvgIpc) is 2.88. The van der Waals surface area contributed by atoms with E-state index < -0.39 is 0 Å². The molecule has 1 aromatic carbocycles. The van der Waals surface area contributed by atoms with Crippen molar-refractivity contribution < 1.29 is 13.7 Å². The number of ether oxygens (including phenoxy) is 1. The molecule has 0 spiro atoms. The van der Waals surface area contributed by atoms with E-state index in [0.717, 1.165) is 16.6 Å². The maximum absolute atomic E-state index is 11.7. The Morgan fingerprint density at radius 2 is 1.95 bits per heavy atom. The van der Waals surface area contributed by atoms with Gasteiger partial charge in [0, 0.05) is 23.1 Å². The van der Waals surface area contributed by atoms with Crippen LogP contribution in [0.25, 0.3) is 11.0 Å². The second-order valence-electron chi connectivity index (χ2n) is 5.02. The van der Waals surface area contributed by atoms with Crippen LogP contribution < -0.4 is 10.4 Å². The van der Waals surface area contributed by atoms with E-state index in [1.807, 2.05) is 32.0 Å². The summed E-state index contributed by atoms with van der Waals surface area (Å²) < 4.78 is 16.0. The molecule has 0 unspecified atom stereocenters. The minimum atomic E-state index is -0.317. The van der Waals surface area contributed by atoms with Crippen molar-refractivity contribution in [2.45, 2.75) is 27.4 Å². The number of aryl methyl sites for hydroxylation is 2. The lowest BCUT2D eigenvalue weighted by atomic mass is 10.1. The van der Waals surface area contributed by atoms with Gasteiger partial charge < -0.3 is 13.7 Å². The minimum Gasteiger partial charge on any atom is -0.485 e. The zero-order valence-electron chi connectivity index (χ0n) is 12.1. The number of hydrogen-bond acceptors (Lipinski definition) is 5. The van der Waals surface area contributed by atoms with Crippen LogP contribution in [0.1, 0.15) is 22.6 Å². The fraction of sp³-hybridized carbons (Fsp3) is 0.250. The topological polar surface area (TPSA) is 65.5 Å². The van der Waals surface area contributed by atoms with Crippen molar-refractivity contribution in [1.29, 1.82) is 0 Å². The van der Waals surface area contributed by atoms with Gasteiger partial charge in [0.05, 0.1) is 5.69 Å². The fourth-order valence-corrected chi connectivity index (χ4v) is 2.16. The van der Waals surface area contributed by atoms with Crippen molar-refractivity contribution in [3.63, 3.8) is 0 Å². The minimum absolute atomic E-state index is 0.279. The van der Waals surface area contributed by atoms with E-state index in [0.29, 0.717) is 22.7 Å². The van der Waals surface area contributed by atoms with Gasteiger partial charge in [-0.25, -0.2) is 4.79 Å². The van der Waals surface area contributed by atoms with Crippen LogP contribution >= 0.6 is 0 Å². The van der Waals surface area contributed by atoms with Crippen molar-refractivity contribution in [2.24, 2.45) is 0 Å². The third-order valence-corrected chi connectivity index (χ3v) is 3.49. The quantitative estimate of drug-likeness (QED) is 0.691. The first-order chi connectivity index (χ1) is 10.0. The number of aromatic nitrogens is 1. The fourth-order valence-electron chi connectivity index (χ4n) is 2.16. The van der Waals surface area contributed by atoms with Crippen LogP contribution in [0, 0.1) is 20.8 Å². The van der Waals surface area contributed by atoms with E-state index in [1.54, 1.807) is 13.0 Å². The summed E-state index contributed by atoms with van der Waals surface area (Å²) in [7, 11) is 0. The van der Waals surface area contributed by atoms with Gasteiger partial charge in [0.1, 0.15) is 17.9 Å². The Morgan fingerprint density at radius 1 is 1.14 bits per heavy atom. The number of benzene rings is 1. The molecule has 0 N–H and O–H groups in total. The van der Waals surface area contributed by atoms with E-state index in [1.165, 1.54) is 0 Å². The standard InChI is InChI=1S/C16H15NO4/c1-9-6-13(21-17-9)8-19-12-4-5-14-10(2)11(3)16(18)20-15(14)7-12/h4-7H,8H2,1-3H3. The second-order valence-corrected chi connectivity index (χ2v) is 5.02. The Labute approximate surface area is 121 Å². The maximum Gasteiger partial charge on any atom is 0.339 e. The summed E-state index contributed by atoms with van der Waals surface area (Å²) in [5, 5.41) is 4.71. The third kappa shape index (κ3) is 2.54. The van der Waals surface area contributed by atoms with Crippen molar-refractivity contribution >= 4 is 11.0 Å². The molecule has 5 nitrogen and oxygen atoms in total. The second kappa shape index (κ2) is 5.09. The van der Waals surface area contributed by atoms with Gasteiger partial charge in [0.15, 0.2) is 5.76 Å². The molecule has 0 saturated heterocycles. The molecule has 21 heavy (non-hydrogen) atoms. The van der Waals surface area contributed by atoms with E-state index in [9.17, 15) is 4.79 Å². The van der Waals surface area contributed by atoms with E-state index in [2.05, 4.69) is 5.16 Å². The van der Waals surface area contributed by atoms with E-state index in [4.69, 9.17) is 13.7 Å². The van der Waals surface area contributed by atoms with Gasteiger partial charge in [-0.2, -0.15) is 0 Å². The molecule has 0 bridgehead atoms. The third-order valence-electron chi connectivity index (χ3n) is 3.49. The Bertz CT molecular complexity index is 860. The highest BCUT2D eigenvalue weighted by atomic mass is 16.5. The Balaban J connectivity index is 1.90. The smallest absolute Gasteiger partial charge is 0.339 e. The van der Waals surface area contributed by atoms with Gasteiger partial charge in [0.25, 0.3) is 0 Å². The molecule has 0 aliphatic rings. The molecule has 2 heterocycles. The van der Waals surface area contributed by atoms with Gasteiger partial charge in [-0.1, -0.05) is 5.16 Å². The van der Waals surface area contributed by atoms with E-state index >= 15 is 0 Å². The summed E-state index contributed by atoms with van der Waals surface area (Å²) in [6.45, 7) is 5.80. The van der Waals surface area contributed by atoms with Crippen LogP contribution in [0.3, 0.4) is 0 Å². The summed E-state index contributed by atoms with van der Waals surface area (Å²) >= 11 is 0. The molecular formula is C16H15NO4. The maximum atomic E-state index is 11.7. The van der Waals surface area contributed by atoms with Gasteiger partial charge in [-0.3, -0.25) is 0 Å². The van der Waals surface area contributed by atoms with Gasteiger partial charge in [-0.15, -0.1) is 0 Å². The van der Waals surface area contributed by atoms with E-state index in [-0.39, 0.29) is 12.2 Å². The summed E-state index contributed by atoms with van der Waals surface area (Å²) in [5.74, 6) is 1.26. The largest absolute Gasteiger partial charge is 0.485 e. The summed E-state index contributed by atoms with van der Waals surface area (Å²) in [6, 6.07) is 7.26. The molecule has 5 heteroatoms. The van der Waals surface area contributed by atoms with Crippen LogP contribution in [0.4, 0.5) is 0 Å². The van der Waals surface area contributed by atoms with Gasteiger partial charge in [-0.05, 0) is 38.5 Å². The van der Waals surface area contributed by atoms with Crippen molar-refractivity contribution in [2.75, 3.05) is 0 Å². The average molecular weight is 285 g/mol. The summed E-state index contributed by atoms with van der Waals surface area (Å²) in [5.41, 5.74) is 2.58. The highest BCUT2D eigenvalue weighted by Gasteiger charge is 2.09. The lowest BCUT2D eigenvalue weighted by molar-refractivity contribution is 0.249. The molecule has 2 aromatic heterocycles. The Hall–Kier alpha value is -2.56. The molecule has 0 saturated carbocycles. The highest BCUT2D eigenvalue weighted by molar-refractivity contribution is 5.82. The highest BCUT2D eigenvalue weighted by Crippen LogP contribution is 2.24. The summed E-state index contributed by atoms with van der Waals surface area (Å²) in [4.78, 5) is 11.7. The van der Waals surface area contributed by atoms with Crippen LogP contribution in [-0.2, 0) is 6.61 Å². The first-order valence-corrected chi connectivity index (χ1v) is 6.63. The van der Waals surface area contributed by atoms with Crippen LogP contribution in [0.15, 0.2) is 38.0 Å². The normalized spacial score (nSPS) is 11.0. The molecular weight excluding hydrogens is 270 g/mol. The SMILES string of the molecule is Cc1cc(COc2ccc3c(C)c(C)c(=O)oc3c2)on1. The molecule has 0 aliphatic heterocycles. The van der Waals surface area contributed by atoms with Crippen molar-refractivity contribution in [1.82, 2.24) is 5.16 Å². The number of fused-ring (bicyclic) bond motifs is 1. The van der Waals surface area contributed by atoms with Crippen LogP contribution in [0.5, 0.6) is 5.75 Å². The predicted molar refractivity (Wildman–Crippen MR) is 77.5 cm³/mol. The molecule has 3 aromatic rings. The predicted octanol–water partition coefficient (Wildman–Crippen LogP) is 3.29. The first kappa shape index (κ1) is 13.4. The molecule has 0 amide bonds. The number of hydrogen-bond donors (Lipinski definition) is 0.